The molecule has 4 aromatic rings. The number of nitrogens with one attached hydrogen (secondary N) is 1. The van der Waals surface area contributed by atoms with Gasteiger partial charge in [0.15, 0.2) is 0 Å². The lowest BCUT2D eigenvalue weighted by atomic mass is 9.83. The van der Waals surface area contributed by atoms with Gasteiger partial charge >= 0.3 is 0 Å². The lowest BCUT2D eigenvalue weighted by Crippen LogP contribution is -2.35. The van der Waals surface area contributed by atoms with Crippen LogP contribution in [0.4, 0.5) is 0 Å². The summed E-state index contributed by atoms with van der Waals surface area (Å²) < 4.78 is 2.26. The Hall–Kier alpha value is -3.08. The Morgan fingerprint density at radius 3 is 2.03 bits per heavy atom. The number of carbonyl (C=O) groups excluding carboxylic acids is 1. The molecule has 1 saturated carbocycles. The average Bonchev–Trinajstić information content (AvgIpc) is 3.50. The zero-order chi connectivity index (χ0) is 24.2. The zero-order valence-electron chi connectivity index (χ0n) is 21.2. The third kappa shape index (κ3) is 5.35. The van der Waals surface area contributed by atoms with Crippen molar-refractivity contribution in [1.82, 2.24) is 14.8 Å². The highest BCUT2D eigenvalue weighted by molar-refractivity contribution is 6.03. The van der Waals surface area contributed by atoms with Crippen LogP contribution in [0.3, 0.4) is 0 Å². The van der Waals surface area contributed by atoms with Crippen molar-refractivity contribution in [3.63, 3.8) is 0 Å². The molecule has 5 rings (SSSR count). The van der Waals surface area contributed by atoms with E-state index in [9.17, 15) is 4.79 Å². The molecule has 1 amide bonds. The summed E-state index contributed by atoms with van der Waals surface area (Å²) in [6.45, 7) is 1.63. The van der Waals surface area contributed by atoms with Crippen LogP contribution in [0, 0.1) is 0 Å². The minimum atomic E-state index is -0.0350. The first-order chi connectivity index (χ1) is 17.1. The van der Waals surface area contributed by atoms with E-state index in [1.165, 1.54) is 24.0 Å². The Bertz CT molecular complexity index is 1240. The molecular formula is C31H36ClN3O. The van der Waals surface area contributed by atoms with Crippen molar-refractivity contribution in [1.29, 1.82) is 0 Å². The standard InChI is InChI=1S/C31H35N3O.ClH/c1-33(2)21-22-34-27-20-12-11-19-26(27)29(30(34)31(35)32-25-17-9-10-18-25)28(23-13-5-3-6-14-23)24-15-7-4-8-16-24;/h3-8,11-16,19-20,25,28H,9-10,17-18,21-22H2,1-2H3,(H,32,35);1H. The van der Waals surface area contributed by atoms with Gasteiger partial charge < -0.3 is 14.8 Å². The highest BCUT2D eigenvalue weighted by atomic mass is 35.5. The average molecular weight is 502 g/mol. The van der Waals surface area contributed by atoms with E-state index in [1.807, 2.05) is 0 Å². The Morgan fingerprint density at radius 1 is 0.889 bits per heavy atom. The van der Waals surface area contributed by atoms with E-state index in [0.717, 1.165) is 48.1 Å². The van der Waals surface area contributed by atoms with Gasteiger partial charge in [0.25, 0.3) is 5.91 Å². The van der Waals surface area contributed by atoms with Gasteiger partial charge in [-0.25, -0.2) is 0 Å². The summed E-state index contributed by atoms with van der Waals surface area (Å²) in [5, 5.41) is 4.56. The van der Waals surface area contributed by atoms with Crippen LogP contribution in [0.25, 0.3) is 10.9 Å². The number of nitrogens with zero attached hydrogens (tertiary/aromatic N) is 2. The number of hydrogen-bond acceptors (Lipinski definition) is 2. The predicted molar refractivity (Wildman–Crippen MR) is 151 cm³/mol. The molecule has 1 heterocycles. The van der Waals surface area contributed by atoms with Gasteiger partial charge in [0.1, 0.15) is 5.69 Å². The molecule has 1 N–H and O–H groups in total. The number of para-hydroxylation sites is 1. The summed E-state index contributed by atoms with van der Waals surface area (Å²) >= 11 is 0. The van der Waals surface area contributed by atoms with Crippen LogP contribution >= 0.6 is 12.4 Å². The minimum absolute atomic E-state index is 0. The quantitative estimate of drug-likeness (QED) is 0.300. The van der Waals surface area contributed by atoms with Gasteiger partial charge in [-0.15, -0.1) is 12.4 Å². The number of rotatable bonds is 8. The van der Waals surface area contributed by atoms with E-state index in [-0.39, 0.29) is 30.3 Å². The summed E-state index contributed by atoms with van der Waals surface area (Å²) in [4.78, 5) is 16.3. The second-order valence-corrected chi connectivity index (χ2v) is 9.94. The van der Waals surface area contributed by atoms with Gasteiger partial charge in [0.2, 0.25) is 0 Å². The molecule has 0 atom stereocenters. The predicted octanol–water partition coefficient (Wildman–Crippen LogP) is 6.48. The molecule has 4 nitrogen and oxygen atoms in total. The molecule has 1 aliphatic rings. The topological polar surface area (TPSA) is 37.3 Å². The minimum Gasteiger partial charge on any atom is -0.348 e. The molecule has 0 unspecified atom stereocenters. The van der Waals surface area contributed by atoms with Crippen LogP contribution in [0.1, 0.15) is 58.8 Å². The van der Waals surface area contributed by atoms with Crippen LogP contribution in [0.15, 0.2) is 84.9 Å². The van der Waals surface area contributed by atoms with E-state index in [2.05, 4.69) is 114 Å². The van der Waals surface area contributed by atoms with Crippen LogP contribution in [-0.2, 0) is 6.54 Å². The molecule has 0 aliphatic heterocycles. The smallest absolute Gasteiger partial charge is 0.268 e. The van der Waals surface area contributed by atoms with Crippen molar-refractivity contribution in [2.45, 2.75) is 44.2 Å². The Balaban J connectivity index is 0.00000304. The second kappa shape index (κ2) is 11.8. The molecule has 1 aliphatic carbocycles. The molecule has 0 spiro atoms. The van der Waals surface area contributed by atoms with Gasteiger partial charge in [-0.3, -0.25) is 4.79 Å². The van der Waals surface area contributed by atoms with E-state index < -0.39 is 0 Å². The first kappa shape index (κ1) is 26.0. The molecule has 1 aromatic heterocycles. The number of aromatic nitrogens is 1. The Labute approximate surface area is 220 Å². The summed E-state index contributed by atoms with van der Waals surface area (Å²) in [5.41, 5.74) is 5.43. The van der Waals surface area contributed by atoms with Gasteiger partial charge in [-0.2, -0.15) is 0 Å². The highest BCUT2D eigenvalue weighted by Crippen LogP contribution is 2.40. The fraction of sp³-hybridized carbons (Fsp3) is 0.323. The number of likely N-dealkylation sites (N-methyl/N-ethyl adjacent to an activating group) is 1. The molecule has 1 fully saturated rings. The zero-order valence-corrected chi connectivity index (χ0v) is 22.0. The first-order valence-corrected chi connectivity index (χ1v) is 12.8. The number of hydrogen-bond donors (Lipinski definition) is 1. The first-order valence-electron chi connectivity index (χ1n) is 12.8. The molecular weight excluding hydrogens is 466 g/mol. The molecule has 3 aromatic carbocycles. The van der Waals surface area contributed by atoms with Crippen LogP contribution in [0.5, 0.6) is 0 Å². The van der Waals surface area contributed by atoms with E-state index in [0.29, 0.717) is 0 Å². The summed E-state index contributed by atoms with van der Waals surface area (Å²) in [7, 11) is 4.17. The Kier molecular flexibility index (Phi) is 8.50. The van der Waals surface area contributed by atoms with Crippen molar-refractivity contribution in [2.24, 2.45) is 0 Å². The molecule has 0 radical (unpaired) electrons. The van der Waals surface area contributed by atoms with Crippen LogP contribution in [-0.4, -0.2) is 42.1 Å². The maximum atomic E-state index is 14.1. The van der Waals surface area contributed by atoms with Crippen molar-refractivity contribution < 1.29 is 4.79 Å². The normalized spacial score (nSPS) is 13.9. The largest absolute Gasteiger partial charge is 0.348 e. The number of halogens is 1. The fourth-order valence-electron chi connectivity index (χ4n) is 5.54. The van der Waals surface area contributed by atoms with Crippen molar-refractivity contribution in [3.8, 4) is 0 Å². The third-order valence-corrected chi connectivity index (χ3v) is 7.24. The molecule has 0 bridgehead atoms. The summed E-state index contributed by atoms with van der Waals surface area (Å²) in [5.74, 6) is 0.0194. The fourth-order valence-corrected chi connectivity index (χ4v) is 5.54. The maximum Gasteiger partial charge on any atom is 0.268 e. The highest BCUT2D eigenvalue weighted by Gasteiger charge is 2.31. The van der Waals surface area contributed by atoms with Gasteiger partial charge in [0, 0.05) is 41.5 Å². The summed E-state index contributed by atoms with van der Waals surface area (Å²) in [6, 6.07) is 30.0. The van der Waals surface area contributed by atoms with Crippen molar-refractivity contribution >= 4 is 29.2 Å². The summed E-state index contributed by atoms with van der Waals surface area (Å²) in [6.07, 6.45) is 4.52. The van der Waals surface area contributed by atoms with Gasteiger partial charge in [-0.1, -0.05) is 91.7 Å². The van der Waals surface area contributed by atoms with Gasteiger partial charge in [-0.05, 0) is 44.1 Å². The van der Waals surface area contributed by atoms with Crippen LogP contribution < -0.4 is 5.32 Å². The number of benzene rings is 3. The van der Waals surface area contributed by atoms with Crippen LogP contribution in [0.2, 0.25) is 0 Å². The second-order valence-electron chi connectivity index (χ2n) is 9.94. The SMILES string of the molecule is CN(C)CCn1c(C(=O)NC2CCCC2)c(C(c2ccccc2)c2ccccc2)c2ccccc21.Cl. The van der Waals surface area contributed by atoms with E-state index in [1.54, 1.807) is 0 Å². The maximum absolute atomic E-state index is 14.1. The Morgan fingerprint density at radius 2 is 1.44 bits per heavy atom. The lowest BCUT2D eigenvalue weighted by Gasteiger charge is -2.22. The number of carbonyl (C=O) groups is 1. The van der Waals surface area contributed by atoms with Crippen molar-refractivity contribution in [3.05, 3.63) is 107 Å². The molecule has 188 valence electrons. The third-order valence-electron chi connectivity index (χ3n) is 7.24. The number of amides is 1. The lowest BCUT2D eigenvalue weighted by molar-refractivity contribution is 0.0927. The van der Waals surface area contributed by atoms with Gasteiger partial charge in [0.05, 0.1) is 0 Å². The monoisotopic (exact) mass is 501 g/mol. The van der Waals surface area contributed by atoms with E-state index in [4.69, 9.17) is 0 Å². The molecule has 0 saturated heterocycles. The van der Waals surface area contributed by atoms with E-state index >= 15 is 0 Å². The molecule has 36 heavy (non-hydrogen) atoms. The van der Waals surface area contributed by atoms with Crippen molar-refractivity contribution in [2.75, 3.05) is 20.6 Å². The number of fused-ring (bicyclic) bond motifs is 1. The molecule has 5 heteroatoms.